The molecule has 0 spiro atoms. The van der Waals surface area contributed by atoms with Crippen LogP contribution in [0.5, 0.6) is 0 Å². The summed E-state index contributed by atoms with van der Waals surface area (Å²) in [7, 11) is 0. The fourth-order valence-corrected chi connectivity index (χ4v) is 4.21. The molecule has 0 unspecified atom stereocenters. The van der Waals surface area contributed by atoms with Gasteiger partial charge in [0.2, 0.25) is 5.95 Å². The molecule has 1 aromatic carbocycles. The first-order valence-electron chi connectivity index (χ1n) is 8.02. The second-order valence-electron chi connectivity index (χ2n) is 5.85. The Morgan fingerprint density at radius 2 is 2.08 bits per heavy atom. The fourth-order valence-electron chi connectivity index (χ4n) is 3.01. The van der Waals surface area contributed by atoms with Crippen molar-refractivity contribution in [1.29, 1.82) is 0 Å². The Labute approximate surface area is 149 Å². The van der Waals surface area contributed by atoms with Crippen molar-refractivity contribution in [3.8, 4) is 5.69 Å². The number of rotatable bonds is 4. The SMILES string of the molecule is O=C1OCC[C@@H]1Sc1nnc(N2CCCC2)n1-c1cccc(Cl)c1. The first kappa shape index (κ1) is 15.8. The van der Waals surface area contributed by atoms with E-state index in [0.29, 0.717) is 23.2 Å². The van der Waals surface area contributed by atoms with Crippen LogP contribution in [0.25, 0.3) is 5.69 Å². The summed E-state index contributed by atoms with van der Waals surface area (Å²) in [4.78, 5) is 14.0. The lowest BCUT2D eigenvalue weighted by molar-refractivity contribution is -0.137. The molecule has 0 amide bonds. The number of esters is 1. The molecule has 0 N–H and O–H groups in total. The summed E-state index contributed by atoms with van der Waals surface area (Å²) in [6, 6.07) is 7.61. The van der Waals surface area contributed by atoms with E-state index in [1.165, 1.54) is 11.8 Å². The zero-order chi connectivity index (χ0) is 16.5. The first-order chi connectivity index (χ1) is 11.7. The Hall–Kier alpha value is -1.73. The lowest BCUT2D eigenvalue weighted by Crippen LogP contribution is -2.22. The molecular formula is C16H17ClN4O2S. The summed E-state index contributed by atoms with van der Waals surface area (Å²) in [6.45, 7) is 2.41. The number of cyclic esters (lactones) is 1. The fraction of sp³-hybridized carbons (Fsp3) is 0.438. The van der Waals surface area contributed by atoms with Gasteiger partial charge in [0.05, 0.1) is 12.3 Å². The number of benzene rings is 1. The molecule has 0 bridgehead atoms. The van der Waals surface area contributed by atoms with Crippen LogP contribution in [0.4, 0.5) is 5.95 Å². The number of anilines is 1. The first-order valence-corrected chi connectivity index (χ1v) is 9.28. The molecule has 8 heteroatoms. The van der Waals surface area contributed by atoms with E-state index in [4.69, 9.17) is 16.3 Å². The molecular weight excluding hydrogens is 348 g/mol. The predicted octanol–water partition coefficient (Wildman–Crippen LogP) is 2.93. The van der Waals surface area contributed by atoms with Crippen molar-refractivity contribution in [1.82, 2.24) is 14.8 Å². The normalized spacial score (nSPS) is 20.6. The van der Waals surface area contributed by atoms with Gasteiger partial charge >= 0.3 is 5.97 Å². The van der Waals surface area contributed by atoms with Crippen molar-refractivity contribution < 1.29 is 9.53 Å². The molecule has 2 fully saturated rings. The molecule has 2 aromatic rings. The number of carbonyl (C=O) groups is 1. The van der Waals surface area contributed by atoms with Gasteiger partial charge in [-0.15, -0.1) is 10.2 Å². The Balaban J connectivity index is 1.74. The van der Waals surface area contributed by atoms with Crippen molar-refractivity contribution >= 4 is 35.3 Å². The van der Waals surface area contributed by atoms with Gasteiger partial charge in [-0.25, -0.2) is 0 Å². The second kappa shape index (κ2) is 6.64. The summed E-state index contributed by atoms with van der Waals surface area (Å²) < 4.78 is 7.05. The monoisotopic (exact) mass is 364 g/mol. The molecule has 1 atom stereocenters. The highest BCUT2D eigenvalue weighted by molar-refractivity contribution is 8.00. The third-order valence-electron chi connectivity index (χ3n) is 4.21. The summed E-state index contributed by atoms with van der Waals surface area (Å²) in [5.74, 6) is 0.631. The van der Waals surface area contributed by atoms with Crippen molar-refractivity contribution in [2.45, 2.75) is 29.7 Å². The van der Waals surface area contributed by atoms with E-state index in [1.807, 2.05) is 28.8 Å². The van der Waals surface area contributed by atoms with E-state index in [1.54, 1.807) is 0 Å². The summed E-state index contributed by atoms with van der Waals surface area (Å²) in [5, 5.41) is 9.87. The minimum atomic E-state index is -0.224. The highest BCUT2D eigenvalue weighted by atomic mass is 35.5. The molecule has 1 aromatic heterocycles. The van der Waals surface area contributed by atoms with Gasteiger partial charge in [-0.2, -0.15) is 0 Å². The number of nitrogens with zero attached hydrogens (tertiary/aromatic N) is 4. The highest BCUT2D eigenvalue weighted by Crippen LogP contribution is 2.34. The maximum atomic E-state index is 11.8. The topological polar surface area (TPSA) is 60.2 Å². The predicted molar refractivity (Wildman–Crippen MR) is 93.0 cm³/mol. The van der Waals surface area contributed by atoms with E-state index < -0.39 is 0 Å². The largest absolute Gasteiger partial charge is 0.465 e. The molecule has 126 valence electrons. The zero-order valence-corrected chi connectivity index (χ0v) is 14.6. The van der Waals surface area contributed by atoms with Gasteiger partial charge in [0.15, 0.2) is 5.16 Å². The average molecular weight is 365 g/mol. The van der Waals surface area contributed by atoms with Crippen LogP contribution in [-0.2, 0) is 9.53 Å². The van der Waals surface area contributed by atoms with E-state index in [2.05, 4.69) is 15.1 Å². The molecule has 2 saturated heterocycles. The van der Waals surface area contributed by atoms with Crippen LogP contribution in [0.1, 0.15) is 19.3 Å². The van der Waals surface area contributed by atoms with Gasteiger partial charge in [0.1, 0.15) is 5.25 Å². The maximum Gasteiger partial charge on any atom is 0.319 e. The average Bonchev–Trinajstić information content (AvgIpc) is 3.29. The third kappa shape index (κ3) is 2.98. The van der Waals surface area contributed by atoms with Crippen molar-refractivity contribution in [2.75, 3.05) is 24.6 Å². The van der Waals surface area contributed by atoms with Gasteiger partial charge < -0.3 is 9.64 Å². The smallest absolute Gasteiger partial charge is 0.319 e. The molecule has 0 saturated carbocycles. The number of hydrogen-bond donors (Lipinski definition) is 0. The van der Waals surface area contributed by atoms with Gasteiger partial charge in [-0.3, -0.25) is 9.36 Å². The number of aromatic nitrogens is 3. The number of halogens is 1. The minimum absolute atomic E-state index is 0.177. The van der Waals surface area contributed by atoms with E-state index >= 15 is 0 Å². The Kier molecular flexibility index (Phi) is 4.37. The molecule has 3 heterocycles. The quantitative estimate of drug-likeness (QED) is 0.777. The van der Waals surface area contributed by atoms with Gasteiger partial charge in [0.25, 0.3) is 0 Å². The van der Waals surface area contributed by atoms with Crippen LogP contribution in [0.15, 0.2) is 29.4 Å². The Bertz CT molecular complexity index is 760. The molecule has 2 aliphatic rings. The lowest BCUT2D eigenvalue weighted by atomic mass is 10.3. The van der Waals surface area contributed by atoms with Crippen LogP contribution >= 0.6 is 23.4 Å². The number of thioether (sulfide) groups is 1. The molecule has 0 radical (unpaired) electrons. The van der Waals surface area contributed by atoms with Crippen molar-refractivity contribution in [3.63, 3.8) is 0 Å². The lowest BCUT2D eigenvalue weighted by Gasteiger charge is -2.18. The van der Waals surface area contributed by atoms with Crippen LogP contribution in [-0.4, -0.2) is 45.7 Å². The highest BCUT2D eigenvalue weighted by Gasteiger charge is 2.31. The number of ether oxygens (including phenoxy) is 1. The van der Waals surface area contributed by atoms with Crippen LogP contribution < -0.4 is 4.90 Å². The van der Waals surface area contributed by atoms with E-state index in [-0.39, 0.29) is 11.2 Å². The summed E-state index contributed by atoms with van der Waals surface area (Å²) in [5.41, 5.74) is 0.906. The molecule has 6 nitrogen and oxygen atoms in total. The standard InChI is InChI=1S/C16H17ClN4O2S/c17-11-4-3-5-12(10-11)21-15(20-7-1-2-8-20)18-19-16(21)24-13-6-9-23-14(13)22/h3-5,10,13H,1-2,6-9H2/t13-/m0/s1. The number of carbonyl (C=O) groups excluding carboxylic acids is 1. The van der Waals surface area contributed by atoms with Gasteiger partial charge in [-0.1, -0.05) is 29.4 Å². The molecule has 0 aliphatic carbocycles. The second-order valence-corrected chi connectivity index (χ2v) is 7.46. The Morgan fingerprint density at radius 1 is 1.25 bits per heavy atom. The van der Waals surface area contributed by atoms with E-state index in [0.717, 1.165) is 37.6 Å². The zero-order valence-electron chi connectivity index (χ0n) is 13.0. The van der Waals surface area contributed by atoms with Crippen LogP contribution in [0.2, 0.25) is 5.02 Å². The van der Waals surface area contributed by atoms with Crippen molar-refractivity contribution in [3.05, 3.63) is 29.3 Å². The van der Waals surface area contributed by atoms with Gasteiger partial charge in [0, 0.05) is 24.5 Å². The van der Waals surface area contributed by atoms with Gasteiger partial charge in [-0.05, 0) is 31.0 Å². The molecule has 24 heavy (non-hydrogen) atoms. The molecule has 2 aliphatic heterocycles. The minimum Gasteiger partial charge on any atom is -0.465 e. The number of hydrogen-bond acceptors (Lipinski definition) is 6. The maximum absolute atomic E-state index is 11.8. The Morgan fingerprint density at radius 3 is 2.79 bits per heavy atom. The summed E-state index contributed by atoms with van der Waals surface area (Å²) in [6.07, 6.45) is 3.00. The van der Waals surface area contributed by atoms with Crippen LogP contribution in [0.3, 0.4) is 0 Å². The summed E-state index contributed by atoms with van der Waals surface area (Å²) >= 11 is 7.58. The van der Waals surface area contributed by atoms with E-state index in [9.17, 15) is 4.79 Å². The molecule has 4 rings (SSSR count). The van der Waals surface area contributed by atoms with Crippen LogP contribution in [0, 0.1) is 0 Å². The third-order valence-corrected chi connectivity index (χ3v) is 5.63. The van der Waals surface area contributed by atoms with Crippen molar-refractivity contribution in [2.24, 2.45) is 0 Å².